The highest BCUT2D eigenvalue weighted by Crippen LogP contribution is 2.10. The van der Waals surface area contributed by atoms with Gasteiger partial charge in [-0.05, 0) is 24.1 Å². The van der Waals surface area contributed by atoms with Crippen molar-refractivity contribution in [1.82, 2.24) is 0 Å². The predicted molar refractivity (Wildman–Crippen MR) is 67.4 cm³/mol. The third kappa shape index (κ3) is 5.44. The first-order valence-electron chi connectivity index (χ1n) is 5.59. The summed E-state index contributed by atoms with van der Waals surface area (Å²) in [6.07, 6.45) is 0.920. The number of benzene rings is 1. The van der Waals surface area contributed by atoms with Crippen LogP contribution in [-0.2, 0) is 21.1 Å². The Hall–Kier alpha value is -1.34. The molecule has 2 N–H and O–H groups in total. The van der Waals surface area contributed by atoms with E-state index in [-0.39, 0.29) is 18.6 Å². The van der Waals surface area contributed by atoms with E-state index in [0.29, 0.717) is 5.56 Å². The maximum absolute atomic E-state index is 12.9. The fourth-order valence-electron chi connectivity index (χ4n) is 1.48. The highest BCUT2D eigenvalue weighted by Gasteiger charge is 2.17. The molecule has 0 radical (unpaired) electrons. The van der Waals surface area contributed by atoms with Gasteiger partial charge >= 0.3 is 0 Å². The molecule has 106 valence electrons. The standard InChI is InChI=1S/C12H15F2NO3S/c1-19(17,18)5-4-11(15)12(16)7-8-2-3-9(13)10(14)6-8/h2-3,6,11H,4-5,7,15H2,1H3. The number of rotatable bonds is 6. The molecule has 0 saturated carbocycles. The Morgan fingerprint density at radius 2 is 1.95 bits per heavy atom. The molecule has 0 aliphatic heterocycles. The zero-order chi connectivity index (χ0) is 14.6. The summed E-state index contributed by atoms with van der Waals surface area (Å²) < 4.78 is 47.5. The maximum Gasteiger partial charge on any atom is 0.159 e. The van der Waals surface area contributed by atoms with Crippen molar-refractivity contribution in [3.63, 3.8) is 0 Å². The van der Waals surface area contributed by atoms with Gasteiger partial charge < -0.3 is 5.73 Å². The molecule has 1 aromatic carbocycles. The van der Waals surface area contributed by atoms with Gasteiger partial charge in [0.1, 0.15) is 9.84 Å². The molecule has 0 heterocycles. The molecule has 0 saturated heterocycles. The predicted octanol–water partition coefficient (Wildman–Crippen LogP) is 0.838. The van der Waals surface area contributed by atoms with Gasteiger partial charge in [0.2, 0.25) is 0 Å². The van der Waals surface area contributed by atoms with Crippen molar-refractivity contribution in [2.24, 2.45) is 5.73 Å². The molecule has 19 heavy (non-hydrogen) atoms. The van der Waals surface area contributed by atoms with Crippen LogP contribution in [0.1, 0.15) is 12.0 Å². The van der Waals surface area contributed by atoms with Crippen LogP contribution >= 0.6 is 0 Å². The molecular formula is C12H15F2NO3S. The second-order valence-electron chi connectivity index (χ2n) is 4.42. The van der Waals surface area contributed by atoms with Gasteiger partial charge in [0.05, 0.1) is 11.8 Å². The molecule has 0 spiro atoms. The van der Waals surface area contributed by atoms with Crippen molar-refractivity contribution in [2.75, 3.05) is 12.0 Å². The van der Waals surface area contributed by atoms with Gasteiger partial charge in [0.25, 0.3) is 0 Å². The fourth-order valence-corrected chi connectivity index (χ4v) is 2.17. The number of halogens is 2. The summed E-state index contributed by atoms with van der Waals surface area (Å²) in [7, 11) is -3.18. The summed E-state index contributed by atoms with van der Waals surface area (Å²) in [5.41, 5.74) is 5.86. The average Bonchev–Trinajstić information content (AvgIpc) is 2.29. The number of sulfone groups is 1. The van der Waals surface area contributed by atoms with Crippen LogP contribution in [0.5, 0.6) is 0 Å². The van der Waals surface area contributed by atoms with Gasteiger partial charge in [-0.15, -0.1) is 0 Å². The van der Waals surface area contributed by atoms with Crippen LogP contribution < -0.4 is 5.73 Å². The second-order valence-corrected chi connectivity index (χ2v) is 6.68. The largest absolute Gasteiger partial charge is 0.321 e. The molecule has 0 bridgehead atoms. The van der Waals surface area contributed by atoms with Crippen molar-refractivity contribution in [2.45, 2.75) is 18.9 Å². The monoisotopic (exact) mass is 291 g/mol. The lowest BCUT2D eigenvalue weighted by Gasteiger charge is -2.10. The van der Waals surface area contributed by atoms with Crippen LogP contribution in [-0.4, -0.2) is 32.3 Å². The molecule has 1 aromatic rings. The van der Waals surface area contributed by atoms with Crippen LogP contribution in [0.25, 0.3) is 0 Å². The summed E-state index contributed by atoms with van der Waals surface area (Å²) in [5.74, 6) is -2.61. The SMILES string of the molecule is CS(=O)(=O)CCC(N)C(=O)Cc1ccc(F)c(F)c1. The normalized spacial score (nSPS) is 13.3. The summed E-state index contributed by atoms with van der Waals surface area (Å²) in [6.45, 7) is 0. The molecule has 4 nitrogen and oxygen atoms in total. The first-order valence-corrected chi connectivity index (χ1v) is 7.65. The Balaban J connectivity index is 2.61. The van der Waals surface area contributed by atoms with Crippen LogP contribution in [0.2, 0.25) is 0 Å². The summed E-state index contributed by atoms with van der Waals surface area (Å²) in [5, 5.41) is 0. The van der Waals surface area contributed by atoms with Gasteiger partial charge in [-0.25, -0.2) is 17.2 Å². The third-order valence-corrected chi connectivity index (χ3v) is 3.55. The maximum atomic E-state index is 12.9. The molecule has 0 amide bonds. The zero-order valence-electron chi connectivity index (χ0n) is 10.4. The van der Waals surface area contributed by atoms with Crippen molar-refractivity contribution in [3.8, 4) is 0 Å². The third-order valence-electron chi connectivity index (χ3n) is 2.58. The smallest absolute Gasteiger partial charge is 0.159 e. The number of hydrogen-bond acceptors (Lipinski definition) is 4. The average molecular weight is 291 g/mol. The highest BCUT2D eigenvalue weighted by molar-refractivity contribution is 7.90. The Bertz CT molecular complexity index is 572. The molecule has 0 fully saturated rings. The quantitative estimate of drug-likeness (QED) is 0.842. The van der Waals surface area contributed by atoms with Crippen LogP contribution in [0.15, 0.2) is 18.2 Å². The molecule has 7 heteroatoms. The number of Topliss-reactive ketones (excluding diaryl/α,β-unsaturated/α-hetero) is 1. The highest BCUT2D eigenvalue weighted by atomic mass is 32.2. The summed E-state index contributed by atoms with van der Waals surface area (Å²) >= 11 is 0. The lowest BCUT2D eigenvalue weighted by atomic mass is 10.0. The van der Waals surface area contributed by atoms with E-state index in [1.165, 1.54) is 6.07 Å². The summed E-state index contributed by atoms with van der Waals surface area (Å²) in [6, 6.07) is 2.22. The second kappa shape index (κ2) is 6.21. The van der Waals surface area contributed by atoms with E-state index < -0.39 is 33.3 Å². The first kappa shape index (κ1) is 15.7. The van der Waals surface area contributed by atoms with Gasteiger partial charge in [-0.2, -0.15) is 0 Å². The zero-order valence-corrected chi connectivity index (χ0v) is 11.2. The summed E-state index contributed by atoms with van der Waals surface area (Å²) in [4.78, 5) is 11.7. The van der Waals surface area contributed by atoms with Crippen LogP contribution in [0, 0.1) is 11.6 Å². The van der Waals surface area contributed by atoms with E-state index in [4.69, 9.17) is 5.73 Å². The first-order chi connectivity index (χ1) is 8.69. The Morgan fingerprint density at radius 1 is 1.32 bits per heavy atom. The van der Waals surface area contributed by atoms with Crippen LogP contribution in [0.4, 0.5) is 8.78 Å². The lowest BCUT2D eigenvalue weighted by molar-refractivity contribution is -0.119. The molecule has 0 aromatic heterocycles. The molecule has 0 aliphatic carbocycles. The molecule has 1 atom stereocenters. The van der Waals surface area contributed by atoms with Gasteiger partial charge in [0.15, 0.2) is 17.4 Å². The van der Waals surface area contributed by atoms with Gasteiger partial charge in [-0.3, -0.25) is 4.79 Å². The minimum atomic E-state index is -3.18. The minimum Gasteiger partial charge on any atom is -0.321 e. The van der Waals surface area contributed by atoms with E-state index in [1.807, 2.05) is 0 Å². The molecule has 1 rings (SSSR count). The lowest BCUT2D eigenvalue weighted by Crippen LogP contribution is -2.33. The Labute approximate surface area is 110 Å². The van der Waals surface area contributed by atoms with Gasteiger partial charge in [-0.1, -0.05) is 6.07 Å². The molecule has 1 unspecified atom stereocenters. The number of hydrogen-bond donors (Lipinski definition) is 1. The fraction of sp³-hybridized carbons (Fsp3) is 0.417. The van der Waals surface area contributed by atoms with Gasteiger partial charge in [0, 0.05) is 12.7 Å². The van der Waals surface area contributed by atoms with E-state index in [0.717, 1.165) is 18.4 Å². The van der Waals surface area contributed by atoms with E-state index in [1.54, 1.807) is 0 Å². The number of carbonyl (C=O) groups is 1. The van der Waals surface area contributed by atoms with E-state index in [2.05, 4.69) is 0 Å². The van der Waals surface area contributed by atoms with Crippen molar-refractivity contribution < 1.29 is 22.0 Å². The van der Waals surface area contributed by atoms with Crippen LogP contribution in [0.3, 0.4) is 0 Å². The number of ketones is 1. The van der Waals surface area contributed by atoms with E-state index in [9.17, 15) is 22.0 Å². The minimum absolute atomic E-state index is 0.0152. The number of carbonyl (C=O) groups excluding carboxylic acids is 1. The molecular weight excluding hydrogens is 276 g/mol. The Morgan fingerprint density at radius 3 is 2.47 bits per heavy atom. The topological polar surface area (TPSA) is 77.2 Å². The molecule has 0 aliphatic rings. The number of nitrogens with two attached hydrogens (primary N) is 1. The van der Waals surface area contributed by atoms with E-state index >= 15 is 0 Å². The Kier molecular flexibility index (Phi) is 5.13. The van der Waals surface area contributed by atoms with Crippen molar-refractivity contribution >= 4 is 15.6 Å². The van der Waals surface area contributed by atoms with Crippen molar-refractivity contribution in [3.05, 3.63) is 35.4 Å². The van der Waals surface area contributed by atoms with Crippen molar-refractivity contribution in [1.29, 1.82) is 0 Å².